The van der Waals surface area contributed by atoms with E-state index < -0.39 is 0 Å². The minimum absolute atomic E-state index is 0.146. The van der Waals surface area contributed by atoms with Crippen molar-refractivity contribution in [2.24, 2.45) is 0 Å². The van der Waals surface area contributed by atoms with E-state index in [2.05, 4.69) is 29.6 Å². The van der Waals surface area contributed by atoms with Crippen molar-refractivity contribution in [3.63, 3.8) is 0 Å². The van der Waals surface area contributed by atoms with Crippen LogP contribution < -0.4 is 5.32 Å². The van der Waals surface area contributed by atoms with E-state index in [-0.39, 0.29) is 12.1 Å². The van der Waals surface area contributed by atoms with E-state index in [4.69, 9.17) is 11.6 Å². The number of benzene rings is 3. The van der Waals surface area contributed by atoms with Gasteiger partial charge in [-0.2, -0.15) is 0 Å². The third-order valence-electron chi connectivity index (χ3n) is 4.24. The average molecular weight is 365 g/mol. The van der Waals surface area contributed by atoms with E-state index >= 15 is 0 Å². The lowest BCUT2D eigenvalue weighted by Crippen LogP contribution is -2.38. The minimum Gasteiger partial charge on any atom is -0.314 e. The van der Waals surface area contributed by atoms with Crippen molar-refractivity contribution in [3.8, 4) is 0 Å². The van der Waals surface area contributed by atoms with E-state index in [1.165, 1.54) is 0 Å². The number of carbonyl (C=O) groups excluding carboxylic acids is 1. The van der Waals surface area contributed by atoms with Crippen LogP contribution in [0.2, 0.25) is 5.02 Å². The van der Waals surface area contributed by atoms with Gasteiger partial charge in [-0.3, -0.25) is 0 Å². The Morgan fingerprint density at radius 2 is 1.38 bits per heavy atom. The molecule has 0 radical (unpaired) electrons. The molecule has 0 aliphatic rings. The molecule has 0 aliphatic carbocycles. The standard InChI is InChI=1S/C22H21ClN2O/c1-2-25(22(26)24-20-15-13-19(23)14-16-20)21(17-9-5-3-6-10-17)18-11-7-4-8-12-18/h3-16,21H,2H2,1H3,(H,24,26). The Morgan fingerprint density at radius 3 is 1.85 bits per heavy atom. The third-order valence-corrected chi connectivity index (χ3v) is 4.49. The zero-order valence-corrected chi connectivity index (χ0v) is 15.4. The first-order chi connectivity index (χ1) is 12.7. The molecule has 0 saturated carbocycles. The van der Waals surface area contributed by atoms with Gasteiger partial charge in [0, 0.05) is 17.3 Å². The number of carbonyl (C=O) groups is 1. The summed E-state index contributed by atoms with van der Waals surface area (Å²) < 4.78 is 0. The lowest BCUT2D eigenvalue weighted by atomic mass is 9.97. The Balaban J connectivity index is 1.92. The van der Waals surface area contributed by atoms with Gasteiger partial charge in [-0.25, -0.2) is 4.79 Å². The maximum Gasteiger partial charge on any atom is 0.322 e. The first-order valence-electron chi connectivity index (χ1n) is 8.62. The highest BCUT2D eigenvalue weighted by molar-refractivity contribution is 6.30. The maximum absolute atomic E-state index is 13.0. The number of hydrogen-bond acceptors (Lipinski definition) is 1. The van der Waals surface area contributed by atoms with Crippen LogP contribution in [-0.2, 0) is 0 Å². The SMILES string of the molecule is CCN(C(=O)Nc1ccc(Cl)cc1)C(c1ccccc1)c1ccccc1. The molecule has 0 atom stereocenters. The second-order valence-corrected chi connectivity index (χ2v) is 6.38. The van der Waals surface area contributed by atoms with Crippen LogP contribution in [-0.4, -0.2) is 17.5 Å². The predicted octanol–water partition coefficient (Wildman–Crippen LogP) is 5.98. The smallest absolute Gasteiger partial charge is 0.314 e. The summed E-state index contributed by atoms with van der Waals surface area (Å²) in [7, 11) is 0. The van der Waals surface area contributed by atoms with Gasteiger partial charge in [0.25, 0.3) is 0 Å². The lowest BCUT2D eigenvalue weighted by Gasteiger charge is -2.32. The fraction of sp³-hybridized carbons (Fsp3) is 0.136. The lowest BCUT2D eigenvalue weighted by molar-refractivity contribution is 0.201. The molecule has 3 aromatic rings. The Bertz CT molecular complexity index is 796. The van der Waals surface area contributed by atoms with Gasteiger partial charge < -0.3 is 10.2 Å². The zero-order valence-electron chi connectivity index (χ0n) is 14.6. The molecule has 2 amide bonds. The topological polar surface area (TPSA) is 32.3 Å². The molecule has 0 aliphatic heterocycles. The Hall–Kier alpha value is -2.78. The average Bonchev–Trinajstić information content (AvgIpc) is 2.69. The molecule has 0 unspecified atom stereocenters. The zero-order chi connectivity index (χ0) is 18.4. The molecule has 132 valence electrons. The van der Waals surface area contributed by atoms with Gasteiger partial charge in [-0.15, -0.1) is 0 Å². The van der Waals surface area contributed by atoms with Crippen molar-refractivity contribution in [2.45, 2.75) is 13.0 Å². The Kier molecular flexibility index (Phi) is 5.92. The summed E-state index contributed by atoms with van der Waals surface area (Å²) in [5.74, 6) is 0. The molecular weight excluding hydrogens is 344 g/mol. The number of nitrogens with zero attached hydrogens (tertiary/aromatic N) is 1. The van der Waals surface area contributed by atoms with Crippen molar-refractivity contribution in [1.29, 1.82) is 0 Å². The van der Waals surface area contributed by atoms with Gasteiger partial charge in [0.05, 0.1) is 6.04 Å². The molecule has 0 aromatic heterocycles. The van der Waals surface area contributed by atoms with Gasteiger partial charge in [-0.1, -0.05) is 72.3 Å². The summed E-state index contributed by atoms with van der Waals surface area (Å²) in [5, 5.41) is 3.61. The molecule has 0 heterocycles. The largest absolute Gasteiger partial charge is 0.322 e. The monoisotopic (exact) mass is 364 g/mol. The number of anilines is 1. The molecule has 3 rings (SSSR count). The molecule has 1 N–H and O–H groups in total. The normalized spacial score (nSPS) is 10.6. The van der Waals surface area contributed by atoms with Gasteiger partial charge in [-0.05, 0) is 42.3 Å². The van der Waals surface area contributed by atoms with Gasteiger partial charge in [0.15, 0.2) is 0 Å². The van der Waals surface area contributed by atoms with Crippen molar-refractivity contribution in [2.75, 3.05) is 11.9 Å². The number of urea groups is 1. The predicted molar refractivity (Wildman–Crippen MR) is 108 cm³/mol. The number of nitrogens with one attached hydrogen (secondary N) is 1. The van der Waals surface area contributed by atoms with E-state index in [0.29, 0.717) is 11.6 Å². The summed E-state index contributed by atoms with van der Waals surface area (Å²) >= 11 is 5.93. The summed E-state index contributed by atoms with van der Waals surface area (Å²) in [6.07, 6.45) is 0. The van der Waals surface area contributed by atoms with Gasteiger partial charge >= 0.3 is 6.03 Å². The van der Waals surface area contributed by atoms with Crippen LogP contribution in [0.3, 0.4) is 0 Å². The highest BCUT2D eigenvalue weighted by Crippen LogP contribution is 2.29. The summed E-state index contributed by atoms with van der Waals surface area (Å²) in [6, 6.07) is 27.0. The van der Waals surface area contributed by atoms with Crippen LogP contribution in [0.25, 0.3) is 0 Å². The molecule has 4 heteroatoms. The Labute approximate surface area is 159 Å². The van der Waals surface area contributed by atoms with Crippen molar-refractivity contribution < 1.29 is 4.79 Å². The van der Waals surface area contributed by atoms with Gasteiger partial charge in [0.2, 0.25) is 0 Å². The van der Waals surface area contributed by atoms with Crippen molar-refractivity contribution in [1.82, 2.24) is 4.90 Å². The second kappa shape index (κ2) is 8.54. The van der Waals surface area contributed by atoms with Crippen LogP contribution >= 0.6 is 11.6 Å². The van der Waals surface area contributed by atoms with Crippen LogP contribution in [0.15, 0.2) is 84.9 Å². The first-order valence-corrected chi connectivity index (χ1v) is 9.00. The van der Waals surface area contributed by atoms with Crippen LogP contribution in [0.5, 0.6) is 0 Å². The molecule has 0 bridgehead atoms. The van der Waals surface area contributed by atoms with Crippen LogP contribution in [0.4, 0.5) is 10.5 Å². The maximum atomic E-state index is 13.0. The molecule has 0 spiro atoms. The van der Waals surface area contributed by atoms with E-state index in [1.807, 2.05) is 48.2 Å². The molecule has 0 fully saturated rings. The van der Waals surface area contributed by atoms with Gasteiger partial charge in [0.1, 0.15) is 0 Å². The molecular formula is C22H21ClN2O. The summed E-state index contributed by atoms with van der Waals surface area (Å²) in [6.45, 7) is 2.56. The van der Waals surface area contributed by atoms with E-state index in [1.54, 1.807) is 24.3 Å². The summed E-state index contributed by atoms with van der Waals surface area (Å²) in [4.78, 5) is 14.8. The number of amides is 2. The van der Waals surface area contributed by atoms with Crippen molar-refractivity contribution >= 4 is 23.3 Å². The Morgan fingerprint density at radius 1 is 0.885 bits per heavy atom. The molecule has 26 heavy (non-hydrogen) atoms. The molecule has 3 nitrogen and oxygen atoms in total. The third kappa shape index (κ3) is 4.24. The number of rotatable bonds is 5. The van der Waals surface area contributed by atoms with Crippen molar-refractivity contribution in [3.05, 3.63) is 101 Å². The minimum atomic E-state index is -0.158. The molecule has 3 aromatic carbocycles. The fourth-order valence-corrected chi connectivity index (χ4v) is 3.12. The second-order valence-electron chi connectivity index (χ2n) is 5.95. The first kappa shape index (κ1) is 18.0. The number of halogens is 1. The fourth-order valence-electron chi connectivity index (χ4n) is 2.99. The molecule has 0 saturated heterocycles. The van der Waals surface area contributed by atoms with E-state index in [9.17, 15) is 4.79 Å². The quantitative estimate of drug-likeness (QED) is 0.593. The van der Waals surface area contributed by atoms with Crippen LogP contribution in [0, 0.1) is 0 Å². The summed E-state index contributed by atoms with van der Waals surface area (Å²) in [5.41, 5.74) is 2.87. The highest BCUT2D eigenvalue weighted by Gasteiger charge is 2.25. The number of hydrogen-bond donors (Lipinski definition) is 1. The highest BCUT2D eigenvalue weighted by atomic mass is 35.5. The van der Waals surface area contributed by atoms with E-state index in [0.717, 1.165) is 16.8 Å². The van der Waals surface area contributed by atoms with Crippen LogP contribution in [0.1, 0.15) is 24.1 Å².